The molecule has 0 radical (unpaired) electrons. The molecule has 1 heterocycles. The molecule has 1 aliphatic rings. The third kappa shape index (κ3) is 3.01. The Morgan fingerprint density at radius 1 is 1.32 bits per heavy atom. The Morgan fingerprint density at radius 2 is 2.11 bits per heavy atom. The van der Waals surface area contributed by atoms with E-state index in [1.807, 2.05) is 36.7 Å². The molecule has 4 nitrogen and oxygen atoms in total. The Bertz CT molecular complexity index is 587. The summed E-state index contributed by atoms with van der Waals surface area (Å²) in [5.41, 5.74) is 1.88. The van der Waals surface area contributed by atoms with E-state index in [1.165, 1.54) is 18.4 Å². The molecule has 0 aliphatic heterocycles. The van der Waals surface area contributed by atoms with Crippen molar-refractivity contribution in [3.05, 3.63) is 53.6 Å². The van der Waals surface area contributed by atoms with E-state index in [0.29, 0.717) is 11.6 Å². The van der Waals surface area contributed by atoms with Gasteiger partial charge in [-0.3, -0.25) is 0 Å². The average molecular weight is 252 g/mol. The summed E-state index contributed by atoms with van der Waals surface area (Å²) >= 11 is 0. The van der Waals surface area contributed by atoms with E-state index in [-0.39, 0.29) is 0 Å². The molecule has 1 aliphatic carbocycles. The van der Waals surface area contributed by atoms with Gasteiger partial charge >= 0.3 is 0 Å². The molecule has 0 unspecified atom stereocenters. The minimum Gasteiger partial charge on any atom is -0.329 e. The summed E-state index contributed by atoms with van der Waals surface area (Å²) in [4.78, 5) is 4.39. The lowest BCUT2D eigenvalue weighted by atomic mass is 10.1. The molecule has 2 aromatic rings. The maximum atomic E-state index is 8.78. The summed E-state index contributed by atoms with van der Waals surface area (Å²) in [6.45, 7) is 1.63. The predicted molar refractivity (Wildman–Crippen MR) is 72.3 cm³/mol. The summed E-state index contributed by atoms with van der Waals surface area (Å²) in [5.74, 6) is 1.07. The average Bonchev–Trinajstić information content (AvgIpc) is 3.18. The van der Waals surface area contributed by atoms with Crippen LogP contribution in [0.2, 0.25) is 0 Å². The van der Waals surface area contributed by atoms with Crippen molar-refractivity contribution in [3.8, 4) is 6.07 Å². The highest BCUT2D eigenvalue weighted by atomic mass is 15.1. The molecule has 1 N–H and O–H groups in total. The number of hydrogen-bond acceptors (Lipinski definition) is 3. The van der Waals surface area contributed by atoms with E-state index in [4.69, 9.17) is 5.26 Å². The molecule has 3 rings (SSSR count). The Kier molecular flexibility index (Phi) is 3.30. The largest absolute Gasteiger partial charge is 0.329 e. The first-order chi connectivity index (χ1) is 9.35. The van der Waals surface area contributed by atoms with Crippen LogP contribution >= 0.6 is 0 Å². The number of aromatic nitrogens is 2. The summed E-state index contributed by atoms with van der Waals surface area (Å²) < 4.78 is 2.15. The van der Waals surface area contributed by atoms with E-state index in [9.17, 15) is 0 Å². The Labute approximate surface area is 112 Å². The summed E-state index contributed by atoms with van der Waals surface area (Å²) in [7, 11) is 0. The molecule has 0 amide bonds. The van der Waals surface area contributed by atoms with Gasteiger partial charge in [-0.25, -0.2) is 4.98 Å². The van der Waals surface area contributed by atoms with Crippen LogP contribution in [0, 0.1) is 11.3 Å². The monoisotopic (exact) mass is 252 g/mol. The fraction of sp³-hybridized carbons (Fsp3) is 0.333. The number of nitrogens with one attached hydrogen (secondary N) is 1. The molecule has 96 valence electrons. The third-order valence-corrected chi connectivity index (χ3v) is 3.36. The molecular weight excluding hydrogens is 236 g/mol. The van der Waals surface area contributed by atoms with Crippen LogP contribution in [-0.2, 0) is 13.1 Å². The number of hydrogen-bond donors (Lipinski definition) is 1. The van der Waals surface area contributed by atoms with Gasteiger partial charge in [-0.2, -0.15) is 5.26 Å². The van der Waals surface area contributed by atoms with E-state index >= 15 is 0 Å². The van der Waals surface area contributed by atoms with E-state index in [1.54, 1.807) is 0 Å². The molecule has 0 atom stereocenters. The SMILES string of the molecule is N#Cc1ccc(Cn2ccnc2CNC2CC2)cc1. The van der Waals surface area contributed by atoms with Gasteiger partial charge in [0.05, 0.1) is 18.2 Å². The highest BCUT2D eigenvalue weighted by Crippen LogP contribution is 2.19. The van der Waals surface area contributed by atoms with Gasteiger partial charge in [-0.1, -0.05) is 12.1 Å². The molecule has 0 spiro atoms. The van der Waals surface area contributed by atoms with Crippen LogP contribution in [0.1, 0.15) is 29.8 Å². The van der Waals surface area contributed by atoms with Crippen molar-refractivity contribution in [1.82, 2.24) is 14.9 Å². The van der Waals surface area contributed by atoms with Crippen molar-refractivity contribution in [3.63, 3.8) is 0 Å². The normalized spacial score (nSPS) is 14.3. The molecule has 0 saturated heterocycles. The van der Waals surface area contributed by atoms with Gasteiger partial charge < -0.3 is 9.88 Å². The Hall–Kier alpha value is -2.12. The zero-order valence-corrected chi connectivity index (χ0v) is 10.7. The Morgan fingerprint density at radius 3 is 2.79 bits per heavy atom. The second-order valence-corrected chi connectivity index (χ2v) is 4.94. The predicted octanol–water partition coefficient (Wildman–Crippen LogP) is 2.06. The van der Waals surface area contributed by atoms with Crippen LogP contribution in [0.4, 0.5) is 0 Å². The number of nitriles is 1. The molecule has 1 aromatic carbocycles. The third-order valence-electron chi connectivity index (χ3n) is 3.36. The van der Waals surface area contributed by atoms with E-state index in [2.05, 4.69) is 20.9 Å². The summed E-state index contributed by atoms with van der Waals surface area (Å²) in [6.07, 6.45) is 6.42. The van der Waals surface area contributed by atoms with Crippen LogP contribution < -0.4 is 5.32 Å². The molecule has 19 heavy (non-hydrogen) atoms. The fourth-order valence-corrected chi connectivity index (χ4v) is 2.06. The maximum Gasteiger partial charge on any atom is 0.122 e. The van der Waals surface area contributed by atoms with Gasteiger partial charge in [-0.05, 0) is 30.5 Å². The van der Waals surface area contributed by atoms with E-state index < -0.39 is 0 Å². The number of benzene rings is 1. The smallest absolute Gasteiger partial charge is 0.122 e. The minimum absolute atomic E-state index is 0.695. The van der Waals surface area contributed by atoms with Crippen molar-refractivity contribution < 1.29 is 0 Å². The van der Waals surface area contributed by atoms with Crippen molar-refractivity contribution in [1.29, 1.82) is 5.26 Å². The highest BCUT2D eigenvalue weighted by molar-refractivity contribution is 5.31. The van der Waals surface area contributed by atoms with Gasteiger partial charge in [0.15, 0.2) is 0 Å². The van der Waals surface area contributed by atoms with Gasteiger partial charge in [0, 0.05) is 25.0 Å². The lowest BCUT2D eigenvalue weighted by molar-refractivity contribution is 0.618. The quantitative estimate of drug-likeness (QED) is 0.886. The highest BCUT2D eigenvalue weighted by Gasteiger charge is 2.20. The van der Waals surface area contributed by atoms with Gasteiger partial charge in [0.1, 0.15) is 5.82 Å². The Balaban J connectivity index is 1.67. The van der Waals surface area contributed by atoms with Gasteiger partial charge in [0.2, 0.25) is 0 Å². The van der Waals surface area contributed by atoms with E-state index in [0.717, 1.165) is 18.9 Å². The first kappa shape index (κ1) is 11.9. The molecule has 1 saturated carbocycles. The van der Waals surface area contributed by atoms with Crippen LogP contribution in [0.25, 0.3) is 0 Å². The summed E-state index contributed by atoms with van der Waals surface area (Å²) in [5, 5.41) is 12.3. The van der Waals surface area contributed by atoms with Crippen LogP contribution in [-0.4, -0.2) is 15.6 Å². The number of nitrogens with zero attached hydrogens (tertiary/aromatic N) is 3. The summed E-state index contributed by atoms with van der Waals surface area (Å²) in [6, 6.07) is 10.5. The van der Waals surface area contributed by atoms with Crippen LogP contribution in [0.15, 0.2) is 36.7 Å². The second-order valence-electron chi connectivity index (χ2n) is 4.94. The molecule has 0 bridgehead atoms. The second kappa shape index (κ2) is 5.25. The molecule has 1 aromatic heterocycles. The minimum atomic E-state index is 0.695. The number of rotatable bonds is 5. The lowest BCUT2D eigenvalue weighted by Crippen LogP contribution is -2.19. The van der Waals surface area contributed by atoms with Crippen LogP contribution in [0.3, 0.4) is 0 Å². The maximum absolute atomic E-state index is 8.78. The number of imidazole rings is 1. The van der Waals surface area contributed by atoms with Crippen molar-refractivity contribution in [2.45, 2.75) is 32.0 Å². The van der Waals surface area contributed by atoms with Gasteiger partial charge in [-0.15, -0.1) is 0 Å². The molecule has 1 fully saturated rings. The lowest BCUT2D eigenvalue weighted by Gasteiger charge is -2.08. The zero-order valence-electron chi connectivity index (χ0n) is 10.7. The first-order valence-electron chi connectivity index (χ1n) is 6.57. The molecule has 4 heteroatoms. The zero-order chi connectivity index (χ0) is 13.1. The van der Waals surface area contributed by atoms with Crippen molar-refractivity contribution in [2.24, 2.45) is 0 Å². The molecular formula is C15H16N4. The van der Waals surface area contributed by atoms with Crippen molar-refractivity contribution in [2.75, 3.05) is 0 Å². The van der Waals surface area contributed by atoms with Crippen molar-refractivity contribution >= 4 is 0 Å². The van der Waals surface area contributed by atoms with Crippen LogP contribution in [0.5, 0.6) is 0 Å². The first-order valence-corrected chi connectivity index (χ1v) is 6.57. The standard InChI is InChI=1S/C15H16N4/c16-9-12-1-3-13(4-2-12)11-19-8-7-17-15(19)10-18-14-5-6-14/h1-4,7-8,14,18H,5-6,10-11H2. The fourth-order valence-electron chi connectivity index (χ4n) is 2.06. The van der Waals surface area contributed by atoms with Gasteiger partial charge in [0.25, 0.3) is 0 Å². The topological polar surface area (TPSA) is 53.6 Å².